The van der Waals surface area contributed by atoms with Crippen molar-refractivity contribution in [3.8, 4) is 5.00 Å². The quantitative estimate of drug-likeness (QED) is 0.624. The first-order chi connectivity index (χ1) is 15.3. The summed E-state index contributed by atoms with van der Waals surface area (Å²) in [6, 6.07) is 11.0. The Bertz CT molecular complexity index is 1060. The molecule has 1 aliphatic carbocycles. The number of nitrogens with one attached hydrogen (secondary N) is 1. The van der Waals surface area contributed by atoms with Gasteiger partial charge in [0, 0.05) is 23.5 Å². The van der Waals surface area contributed by atoms with Crippen molar-refractivity contribution in [2.24, 2.45) is 0 Å². The molecule has 0 radical (unpaired) electrons. The molecule has 6 rings (SSSR count). The summed E-state index contributed by atoms with van der Waals surface area (Å²) in [5.41, 5.74) is 4.35. The van der Waals surface area contributed by atoms with Crippen LogP contribution in [0.1, 0.15) is 45.7 Å². The summed E-state index contributed by atoms with van der Waals surface area (Å²) in [5, 5.41) is 13.7. The standard InChI is InChI=1S/C18H18N4S.C5H9NO2/c1-11-20-21-15-10-19-17(12-6-3-2-4-7-12)16-13-8-5-9-14(13)23-18(16)22(11)15;7-5-6-1-3-8-4-2-6/h2-4,6-7,17,19H,5,8-10H2,1H3;5H,1-4H2. The van der Waals surface area contributed by atoms with Crippen LogP contribution in [-0.2, 0) is 28.9 Å². The molecule has 2 aromatic heterocycles. The van der Waals surface area contributed by atoms with E-state index >= 15 is 0 Å². The van der Waals surface area contributed by atoms with Gasteiger partial charge in [-0.2, -0.15) is 0 Å². The molecule has 8 heteroatoms. The van der Waals surface area contributed by atoms with Crippen LogP contribution in [-0.4, -0.2) is 52.4 Å². The Morgan fingerprint density at radius 3 is 2.71 bits per heavy atom. The molecule has 31 heavy (non-hydrogen) atoms. The highest BCUT2D eigenvalue weighted by Gasteiger charge is 2.32. The van der Waals surface area contributed by atoms with E-state index in [0.29, 0.717) is 13.2 Å². The normalized spacial score (nSPS) is 19.5. The smallest absolute Gasteiger partial charge is 0.209 e. The topological polar surface area (TPSA) is 72.3 Å². The molecule has 0 spiro atoms. The van der Waals surface area contributed by atoms with Crippen LogP contribution in [0.2, 0.25) is 0 Å². The molecule has 1 unspecified atom stereocenters. The lowest BCUT2D eigenvalue weighted by atomic mass is 9.96. The summed E-state index contributed by atoms with van der Waals surface area (Å²) in [5.74, 6) is 2.00. The maximum Gasteiger partial charge on any atom is 0.209 e. The molecule has 162 valence electrons. The van der Waals surface area contributed by atoms with Crippen molar-refractivity contribution in [1.29, 1.82) is 0 Å². The number of aromatic nitrogens is 3. The third-order valence-electron chi connectivity index (χ3n) is 6.12. The summed E-state index contributed by atoms with van der Waals surface area (Å²) >= 11 is 1.94. The highest BCUT2D eigenvalue weighted by atomic mass is 32.1. The van der Waals surface area contributed by atoms with Crippen LogP contribution in [0.25, 0.3) is 5.00 Å². The fraction of sp³-hybridized carbons (Fsp3) is 0.435. The molecule has 0 saturated carbocycles. The van der Waals surface area contributed by atoms with Crippen LogP contribution in [0.15, 0.2) is 30.3 Å². The Morgan fingerprint density at radius 2 is 1.97 bits per heavy atom. The molecule has 3 aliphatic rings. The lowest BCUT2D eigenvalue weighted by molar-refractivity contribution is -0.121. The second-order valence-corrected chi connectivity index (χ2v) is 9.14. The van der Waals surface area contributed by atoms with Gasteiger partial charge in [-0.25, -0.2) is 0 Å². The van der Waals surface area contributed by atoms with Gasteiger partial charge < -0.3 is 9.64 Å². The summed E-state index contributed by atoms with van der Waals surface area (Å²) < 4.78 is 7.26. The van der Waals surface area contributed by atoms with Gasteiger partial charge in [0.2, 0.25) is 6.41 Å². The Morgan fingerprint density at radius 1 is 1.16 bits per heavy atom. The van der Waals surface area contributed by atoms with Gasteiger partial charge in [0.15, 0.2) is 5.82 Å². The monoisotopic (exact) mass is 437 g/mol. The molecule has 1 N–H and O–H groups in total. The van der Waals surface area contributed by atoms with Gasteiger partial charge >= 0.3 is 0 Å². The molecule has 4 heterocycles. The fourth-order valence-electron chi connectivity index (χ4n) is 4.57. The van der Waals surface area contributed by atoms with E-state index in [1.54, 1.807) is 15.3 Å². The molecule has 1 atom stereocenters. The van der Waals surface area contributed by atoms with Crippen LogP contribution in [0.3, 0.4) is 0 Å². The Labute approximate surface area is 186 Å². The van der Waals surface area contributed by atoms with Gasteiger partial charge in [-0.05, 0) is 37.3 Å². The van der Waals surface area contributed by atoms with E-state index < -0.39 is 0 Å². The largest absolute Gasteiger partial charge is 0.378 e. The minimum atomic E-state index is 0.241. The molecule has 3 aromatic rings. The lowest BCUT2D eigenvalue weighted by Crippen LogP contribution is -2.34. The third kappa shape index (κ3) is 3.91. The fourth-order valence-corrected chi connectivity index (χ4v) is 6.07. The SMILES string of the molecule is Cc1nnc2n1-c1sc3c(c1C(c1ccccc1)NC2)CCC3.O=CN1CCOCC1. The average Bonchev–Trinajstić information content (AvgIpc) is 3.48. The number of amides is 1. The first kappa shape index (κ1) is 20.4. The first-order valence-corrected chi connectivity index (χ1v) is 11.7. The highest BCUT2D eigenvalue weighted by Crippen LogP contribution is 2.44. The van der Waals surface area contributed by atoms with Crippen molar-refractivity contribution in [3.05, 3.63) is 63.5 Å². The van der Waals surface area contributed by atoms with Crippen molar-refractivity contribution < 1.29 is 9.53 Å². The first-order valence-electron chi connectivity index (χ1n) is 10.9. The van der Waals surface area contributed by atoms with Crippen molar-refractivity contribution in [2.75, 3.05) is 26.3 Å². The summed E-state index contributed by atoms with van der Waals surface area (Å²) in [4.78, 5) is 13.3. The predicted molar refractivity (Wildman–Crippen MR) is 120 cm³/mol. The molecule has 1 amide bonds. The zero-order valence-corrected chi connectivity index (χ0v) is 18.5. The van der Waals surface area contributed by atoms with Gasteiger partial charge in [-0.3, -0.25) is 14.7 Å². The molecule has 1 aromatic carbocycles. The predicted octanol–water partition coefficient (Wildman–Crippen LogP) is 2.79. The maximum absolute atomic E-state index is 10.0. The van der Waals surface area contributed by atoms with Gasteiger partial charge in [-0.1, -0.05) is 30.3 Å². The number of rotatable bonds is 2. The summed E-state index contributed by atoms with van der Waals surface area (Å²) in [6.45, 7) is 5.69. The lowest BCUT2D eigenvalue weighted by Gasteiger charge is -2.21. The molecule has 1 saturated heterocycles. The number of thiophene rings is 1. The van der Waals surface area contributed by atoms with Crippen LogP contribution in [0, 0.1) is 6.92 Å². The second kappa shape index (κ2) is 8.90. The number of benzene rings is 1. The van der Waals surface area contributed by atoms with E-state index in [1.165, 1.54) is 35.4 Å². The Kier molecular flexibility index (Phi) is 5.85. The number of hydrogen-bond donors (Lipinski definition) is 1. The van der Waals surface area contributed by atoms with Crippen LogP contribution < -0.4 is 5.32 Å². The zero-order chi connectivity index (χ0) is 21.2. The highest BCUT2D eigenvalue weighted by molar-refractivity contribution is 7.15. The van der Waals surface area contributed by atoms with Gasteiger partial charge in [0.1, 0.15) is 10.8 Å². The summed E-state index contributed by atoms with van der Waals surface area (Å²) in [7, 11) is 0. The summed E-state index contributed by atoms with van der Waals surface area (Å²) in [6.07, 6.45) is 4.56. The van der Waals surface area contributed by atoms with E-state index in [4.69, 9.17) is 4.74 Å². The van der Waals surface area contributed by atoms with E-state index in [1.807, 2.05) is 18.3 Å². The minimum absolute atomic E-state index is 0.241. The van der Waals surface area contributed by atoms with E-state index in [2.05, 4.69) is 50.4 Å². The van der Waals surface area contributed by atoms with Crippen LogP contribution >= 0.6 is 11.3 Å². The Hall–Kier alpha value is -2.55. The molecule has 1 fully saturated rings. The number of hydrogen-bond acceptors (Lipinski definition) is 6. The minimum Gasteiger partial charge on any atom is -0.378 e. The maximum atomic E-state index is 10.0. The average molecular weight is 438 g/mol. The zero-order valence-electron chi connectivity index (χ0n) is 17.7. The van der Waals surface area contributed by atoms with Gasteiger partial charge in [0.05, 0.1) is 25.8 Å². The van der Waals surface area contributed by atoms with E-state index in [9.17, 15) is 4.79 Å². The number of fused-ring (bicyclic) bond motifs is 5. The number of nitrogens with zero attached hydrogens (tertiary/aromatic N) is 4. The van der Waals surface area contributed by atoms with Crippen molar-refractivity contribution in [3.63, 3.8) is 0 Å². The van der Waals surface area contributed by atoms with E-state index in [0.717, 1.165) is 37.7 Å². The second-order valence-electron chi connectivity index (χ2n) is 8.05. The van der Waals surface area contributed by atoms with Crippen molar-refractivity contribution >= 4 is 17.7 Å². The van der Waals surface area contributed by atoms with E-state index in [-0.39, 0.29) is 6.04 Å². The Balaban J connectivity index is 0.000000217. The van der Waals surface area contributed by atoms with Crippen LogP contribution in [0.4, 0.5) is 0 Å². The number of carbonyl (C=O) groups is 1. The molecule has 7 nitrogen and oxygen atoms in total. The van der Waals surface area contributed by atoms with Crippen molar-refractivity contribution in [1.82, 2.24) is 25.0 Å². The van der Waals surface area contributed by atoms with Gasteiger partial charge in [-0.15, -0.1) is 21.5 Å². The van der Waals surface area contributed by atoms with Gasteiger partial charge in [0.25, 0.3) is 0 Å². The van der Waals surface area contributed by atoms with Crippen molar-refractivity contribution in [2.45, 2.75) is 38.8 Å². The van der Waals surface area contributed by atoms with Crippen LogP contribution in [0.5, 0.6) is 0 Å². The number of aryl methyl sites for hydroxylation is 2. The molecule has 0 bridgehead atoms. The number of carbonyl (C=O) groups excluding carboxylic acids is 1. The molecule has 2 aliphatic heterocycles. The number of morpholine rings is 1. The third-order valence-corrected chi connectivity index (χ3v) is 7.41. The molecular weight excluding hydrogens is 410 g/mol. The molecular formula is C23H27N5O2S. The number of ether oxygens (including phenoxy) is 1.